The molecule has 0 unspecified atom stereocenters. The van der Waals surface area contributed by atoms with Crippen LogP contribution in [0.3, 0.4) is 0 Å². The highest BCUT2D eigenvalue weighted by atomic mass is 16.6. The van der Waals surface area contributed by atoms with Gasteiger partial charge in [-0.15, -0.1) is 0 Å². The molecule has 0 saturated carbocycles. The van der Waals surface area contributed by atoms with E-state index in [9.17, 15) is 9.59 Å². The van der Waals surface area contributed by atoms with Gasteiger partial charge in [-0.2, -0.15) is 0 Å². The van der Waals surface area contributed by atoms with Gasteiger partial charge in [-0.05, 0) is 58.4 Å². The number of allylic oxidation sites excluding steroid dienone is 2. The lowest BCUT2D eigenvalue weighted by molar-refractivity contribution is -0.165. The van der Waals surface area contributed by atoms with Crippen molar-refractivity contribution in [3.63, 3.8) is 0 Å². The number of carbonyl (C=O) groups is 2. The number of ether oxygens (including phenoxy) is 3. The second-order valence-corrected chi connectivity index (χ2v) is 8.00. The summed E-state index contributed by atoms with van der Waals surface area (Å²) in [6, 6.07) is 7.91. The fourth-order valence-electron chi connectivity index (χ4n) is 3.64. The molecule has 0 bridgehead atoms. The molecule has 1 heterocycles. The standard InChI is InChI=1S/C24H36N2O5/c1-7-18(4)31-24(5,22(27)29-9-3)16-19-10-12-21(13-11-19)30-15-14-20-17-26(8-2)23(28)25(20)6/h7,10-13,20H,8-9,14-17H2,1-6H3/b18-7+/t20-,24-/m0/s1. The van der Waals surface area contributed by atoms with Crippen LogP contribution in [0.2, 0.25) is 0 Å². The van der Waals surface area contributed by atoms with E-state index in [4.69, 9.17) is 14.2 Å². The number of rotatable bonds is 11. The van der Waals surface area contributed by atoms with Crippen LogP contribution in [0, 0.1) is 0 Å². The average molecular weight is 433 g/mol. The Balaban J connectivity index is 1.94. The van der Waals surface area contributed by atoms with Gasteiger partial charge in [0.2, 0.25) is 5.60 Å². The van der Waals surface area contributed by atoms with Gasteiger partial charge in [0.25, 0.3) is 0 Å². The van der Waals surface area contributed by atoms with Gasteiger partial charge in [0, 0.05) is 33.0 Å². The van der Waals surface area contributed by atoms with Gasteiger partial charge in [-0.1, -0.05) is 12.1 Å². The molecule has 2 amide bonds. The van der Waals surface area contributed by atoms with E-state index in [1.165, 1.54) is 0 Å². The minimum absolute atomic E-state index is 0.0804. The van der Waals surface area contributed by atoms with Crippen molar-refractivity contribution in [1.82, 2.24) is 9.80 Å². The summed E-state index contributed by atoms with van der Waals surface area (Å²) in [6.45, 7) is 11.5. The van der Waals surface area contributed by atoms with Gasteiger partial charge in [0.1, 0.15) is 5.75 Å². The van der Waals surface area contributed by atoms with Crippen LogP contribution in [0.1, 0.15) is 46.6 Å². The molecule has 7 heteroatoms. The summed E-state index contributed by atoms with van der Waals surface area (Å²) in [7, 11) is 1.84. The Morgan fingerprint density at radius 1 is 1.26 bits per heavy atom. The minimum atomic E-state index is -1.10. The third-order valence-corrected chi connectivity index (χ3v) is 5.62. The zero-order valence-electron chi connectivity index (χ0n) is 19.6. The van der Waals surface area contributed by atoms with Crippen molar-refractivity contribution in [2.45, 2.75) is 59.1 Å². The third kappa shape index (κ3) is 6.39. The Labute approximate surface area is 185 Å². The Morgan fingerprint density at radius 3 is 2.48 bits per heavy atom. The maximum Gasteiger partial charge on any atom is 0.350 e. The first kappa shape index (κ1) is 24.6. The first-order chi connectivity index (χ1) is 14.7. The fraction of sp³-hybridized carbons (Fsp3) is 0.583. The van der Waals surface area contributed by atoms with Crippen LogP contribution in [0.4, 0.5) is 4.79 Å². The van der Waals surface area contributed by atoms with Crippen molar-refractivity contribution in [3.05, 3.63) is 41.7 Å². The SMILES string of the molecule is C/C=C(\C)O[C@@](C)(Cc1ccc(OCC[C@H]2CN(CC)C(=O)N2C)cc1)C(=O)OCC. The zero-order chi connectivity index (χ0) is 23.0. The second kappa shape index (κ2) is 11.1. The maximum atomic E-state index is 12.5. The van der Waals surface area contributed by atoms with Gasteiger partial charge >= 0.3 is 12.0 Å². The zero-order valence-corrected chi connectivity index (χ0v) is 19.6. The van der Waals surface area contributed by atoms with E-state index >= 15 is 0 Å². The molecule has 172 valence electrons. The third-order valence-electron chi connectivity index (χ3n) is 5.62. The quantitative estimate of drug-likeness (QED) is 0.390. The molecule has 0 radical (unpaired) electrons. The summed E-state index contributed by atoms with van der Waals surface area (Å²) in [5.74, 6) is 1.05. The molecule has 7 nitrogen and oxygen atoms in total. The van der Waals surface area contributed by atoms with E-state index in [1.807, 2.05) is 63.1 Å². The highest BCUT2D eigenvalue weighted by Gasteiger charge is 2.37. The first-order valence-corrected chi connectivity index (χ1v) is 11.0. The average Bonchev–Trinajstić information content (AvgIpc) is 3.03. The predicted molar refractivity (Wildman–Crippen MR) is 120 cm³/mol. The Hall–Kier alpha value is -2.70. The Bertz CT molecular complexity index is 777. The van der Waals surface area contributed by atoms with Crippen LogP contribution in [0.25, 0.3) is 0 Å². The highest BCUT2D eigenvalue weighted by Crippen LogP contribution is 2.25. The molecular weight excluding hydrogens is 396 g/mol. The minimum Gasteiger partial charge on any atom is -0.494 e. The van der Waals surface area contributed by atoms with Crippen LogP contribution in [-0.4, -0.2) is 66.8 Å². The number of esters is 1. The van der Waals surface area contributed by atoms with E-state index in [1.54, 1.807) is 18.7 Å². The van der Waals surface area contributed by atoms with Crippen molar-refractivity contribution in [1.29, 1.82) is 0 Å². The number of likely N-dealkylation sites (N-methyl/N-ethyl adjacent to an activating group) is 2. The van der Waals surface area contributed by atoms with Crippen molar-refractivity contribution in [2.75, 3.05) is 33.4 Å². The molecule has 0 aromatic heterocycles. The molecule has 0 aliphatic carbocycles. The molecule has 31 heavy (non-hydrogen) atoms. The van der Waals surface area contributed by atoms with Crippen molar-refractivity contribution < 1.29 is 23.8 Å². The largest absolute Gasteiger partial charge is 0.494 e. The van der Waals surface area contributed by atoms with Crippen LogP contribution < -0.4 is 4.74 Å². The predicted octanol–water partition coefficient (Wildman–Crippen LogP) is 4.02. The Kier molecular flexibility index (Phi) is 8.77. The molecule has 1 aliphatic heterocycles. The molecule has 2 rings (SSSR count). The second-order valence-electron chi connectivity index (χ2n) is 8.00. The lowest BCUT2D eigenvalue weighted by Gasteiger charge is -2.29. The van der Waals surface area contributed by atoms with Crippen molar-refractivity contribution in [2.24, 2.45) is 0 Å². The number of hydrogen-bond donors (Lipinski definition) is 0. The molecule has 1 fully saturated rings. The lowest BCUT2D eigenvalue weighted by Crippen LogP contribution is -2.41. The summed E-state index contributed by atoms with van der Waals surface area (Å²) in [5, 5.41) is 0. The molecule has 1 aliphatic rings. The van der Waals surface area contributed by atoms with E-state index in [-0.39, 0.29) is 18.0 Å². The van der Waals surface area contributed by atoms with Crippen LogP contribution in [0.15, 0.2) is 36.1 Å². The Morgan fingerprint density at radius 2 is 1.94 bits per heavy atom. The number of hydrogen-bond acceptors (Lipinski definition) is 5. The van der Waals surface area contributed by atoms with E-state index < -0.39 is 5.60 Å². The number of urea groups is 1. The maximum absolute atomic E-state index is 12.5. The van der Waals surface area contributed by atoms with Crippen molar-refractivity contribution >= 4 is 12.0 Å². The van der Waals surface area contributed by atoms with Gasteiger partial charge in [0.05, 0.1) is 25.0 Å². The first-order valence-electron chi connectivity index (χ1n) is 11.0. The number of amides is 2. The van der Waals surface area contributed by atoms with Crippen LogP contribution in [-0.2, 0) is 20.7 Å². The number of carbonyl (C=O) groups excluding carboxylic acids is 2. The molecule has 1 aromatic rings. The fourth-order valence-corrected chi connectivity index (χ4v) is 3.64. The topological polar surface area (TPSA) is 68.3 Å². The van der Waals surface area contributed by atoms with E-state index in [0.717, 1.165) is 30.8 Å². The lowest BCUT2D eigenvalue weighted by atomic mass is 9.96. The summed E-state index contributed by atoms with van der Waals surface area (Å²) in [6.07, 6.45) is 2.99. The van der Waals surface area contributed by atoms with Gasteiger partial charge in [0.15, 0.2) is 0 Å². The molecule has 0 N–H and O–H groups in total. The normalized spacial score (nSPS) is 18.7. The summed E-state index contributed by atoms with van der Waals surface area (Å²) < 4.78 is 17.0. The summed E-state index contributed by atoms with van der Waals surface area (Å²) in [5.41, 5.74) is -0.147. The molecule has 2 atom stereocenters. The monoisotopic (exact) mass is 432 g/mol. The number of nitrogens with zero attached hydrogens (tertiary/aromatic N) is 2. The molecule has 0 spiro atoms. The smallest absolute Gasteiger partial charge is 0.350 e. The number of benzene rings is 1. The van der Waals surface area contributed by atoms with Gasteiger partial charge in [-0.25, -0.2) is 9.59 Å². The van der Waals surface area contributed by atoms with Crippen LogP contribution in [0.5, 0.6) is 5.75 Å². The molecular formula is C24H36N2O5. The highest BCUT2D eigenvalue weighted by molar-refractivity contribution is 5.79. The molecule has 1 saturated heterocycles. The van der Waals surface area contributed by atoms with E-state index in [2.05, 4.69) is 0 Å². The van der Waals surface area contributed by atoms with Gasteiger partial charge < -0.3 is 24.0 Å². The van der Waals surface area contributed by atoms with E-state index in [0.29, 0.717) is 25.4 Å². The van der Waals surface area contributed by atoms with Crippen molar-refractivity contribution in [3.8, 4) is 5.75 Å². The van der Waals surface area contributed by atoms with Crippen LogP contribution >= 0.6 is 0 Å². The molecule has 1 aromatic carbocycles. The summed E-state index contributed by atoms with van der Waals surface area (Å²) in [4.78, 5) is 28.2. The summed E-state index contributed by atoms with van der Waals surface area (Å²) >= 11 is 0. The van der Waals surface area contributed by atoms with Gasteiger partial charge in [-0.3, -0.25) is 0 Å².